The van der Waals surface area contributed by atoms with Crippen LogP contribution in [0.25, 0.3) is 0 Å². The Hall–Kier alpha value is -0.830. The normalized spacial score (nSPS) is 13.8. The Labute approximate surface area is 80.6 Å². The van der Waals surface area contributed by atoms with Crippen LogP contribution in [0.15, 0.2) is 12.2 Å². The summed E-state index contributed by atoms with van der Waals surface area (Å²) in [6, 6.07) is 0.336. The number of carbonyl (C=O) groups excluding carboxylic acids is 1. The van der Waals surface area contributed by atoms with Crippen LogP contribution >= 0.6 is 0 Å². The zero-order chi connectivity index (χ0) is 10.3. The molecule has 0 aliphatic rings. The van der Waals surface area contributed by atoms with Crippen molar-refractivity contribution >= 4 is 5.91 Å². The van der Waals surface area contributed by atoms with Gasteiger partial charge in [0.05, 0.1) is 0 Å². The van der Waals surface area contributed by atoms with E-state index >= 15 is 0 Å². The molecule has 0 rings (SSSR count). The molecule has 3 nitrogen and oxygen atoms in total. The fourth-order valence-electron chi connectivity index (χ4n) is 1.41. The molecule has 0 fully saturated rings. The van der Waals surface area contributed by atoms with E-state index in [1.165, 1.54) is 6.08 Å². The molecule has 0 saturated heterocycles. The lowest BCUT2D eigenvalue weighted by Crippen LogP contribution is -2.33. The molecule has 1 unspecified atom stereocenters. The molecule has 13 heavy (non-hydrogen) atoms. The molecule has 76 valence electrons. The van der Waals surface area contributed by atoms with Gasteiger partial charge in [-0.1, -0.05) is 26.8 Å². The number of rotatable bonds is 6. The highest BCUT2D eigenvalue weighted by Crippen LogP contribution is 2.04. The molecule has 3 heteroatoms. The molecule has 0 aromatic carbocycles. The number of hydrogen-bond donors (Lipinski definition) is 1. The molecular weight excluding hydrogens is 164 g/mol. The van der Waals surface area contributed by atoms with E-state index in [2.05, 4.69) is 25.7 Å². The second kappa shape index (κ2) is 6.66. The number of nitrogens with two attached hydrogens (primary N) is 1. The maximum atomic E-state index is 10.5. The van der Waals surface area contributed by atoms with Crippen LogP contribution in [0.4, 0.5) is 0 Å². The molecule has 1 atom stereocenters. The first-order chi connectivity index (χ1) is 6.15. The molecule has 0 aliphatic carbocycles. The predicted octanol–water partition coefficient (Wildman–Crippen LogP) is 1.15. The first-order valence-electron chi connectivity index (χ1n) is 4.87. The van der Waals surface area contributed by atoms with E-state index < -0.39 is 0 Å². The highest BCUT2D eigenvalue weighted by molar-refractivity contribution is 5.85. The Balaban J connectivity index is 4.22. The Morgan fingerprint density at radius 2 is 1.92 bits per heavy atom. The molecule has 0 saturated carbocycles. The molecule has 0 bridgehead atoms. The van der Waals surface area contributed by atoms with Gasteiger partial charge in [0.15, 0.2) is 0 Å². The van der Waals surface area contributed by atoms with Crippen molar-refractivity contribution in [1.82, 2.24) is 4.90 Å². The van der Waals surface area contributed by atoms with Gasteiger partial charge in [0.25, 0.3) is 0 Å². The van der Waals surface area contributed by atoms with E-state index in [-0.39, 0.29) is 5.91 Å². The lowest BCUT2D eigenvalue weighted by Gasteiger charge is -2.25. The van der Waals surface area contributed by atoms with Gasteiger partial charge in [0.1, 0.15) is 0 Å². The maximum Gasteiger partial charge on any atom is 0.241 e. The van der Waals surface area contributed by atoms with Crippen LogP contribution in [0, 0.1) is 0 Å². The number of amides is 1. The van der Waals surface area contributed by atoms with Crippen molar-refractivity contribution in [2.75, 3.05) is 13.1 Å². The summed E-state index contributed by atoms with van der Waals surface area (Å²) in [6.07, 6.45) is 4.34. The highest BCUT2D eigenvalue weighted by Gasteiger charge is 2.09. The summed E-state index contributed by atoms with van der Waals surface area (Å²) in [5, 5.41) is 0. The Morgan fingerprint density at radius 1 is 1.38 bits per heavy atom. The highest BCUT2D eigenvalue weighted by atomic mass is 16.1. The summed E-state index contributed by atoms with van der Waals surface area (Å²) in [5.74, 6) is -0.370. The molecule has 0 radical (unpaired) electrons. The monoisotopic (exact) mass is 184 g/mol. The third kappa shape index (κ3) is 4.68. The third-order valence-corrected chi connectivity index (χ3v) is 2.18. The quantitative estimate of drug-likeness (QED) is 0.629. The van der Waals surface area contributed by atoms with Crippen LogP contribution in [-0.4, -0.2) is 29.9 Å². The molecule has 0 aliphatic heterocycles. The van der Waals surface area contributed by atoms with Crippen molar-refractivity contribution in [2.45, 2.75) is 33.2 Å². The van der Waals surface area contributed by atoms with Gasteiger partial charge < -0.3 is 5.73 Å². The minimum absolute atomic E-state index is 0.336. The minimum Gasteiger partial charge on any atom is -0.366 e. The van der Waals surface area contributed by atoms with Crippen molar-refractivity contribution in [1.29, 1.82) is 0 Å². The molecule has 0 spiro atoms. The van der Waals surface area contributed by atoms with Crippen LogP contribution in [0.3, 0.4) is 0 Å². The van der Waals surface area contributed by atoms with E-state index in [4.69, 9.17) is 5.73 Å². The second-order valence-corrected chi connectivity index (χ2v) is 2.96. The van der Waals surface area contributed by atoms with E-state index in [1.54, 1.807) is 0 Å². The second-order valence-electron chi connectivity index (χ2n) is 2.96. The Bertz CT molecular complexity index is 174. The smallest absolute Gasteiger partial charge is 0.241 e. The first-order valence-corrected chi connectivity index (χ1v) is 4.87. The number of primary amides is 1. The van der Waals surface area contributed by atoms with E-state index in [0.29, 0.717) is 6.04 Å². The van der Waals surface area contributed by atoms with Crippen LogP contribution in [0.1, 0.15) is 27.2 Å². The third-order valence-electron chi connectivity index (χ3n) is 2.18. The summed E-state index contributed by atoms with van der Waals surface area (Å²) in [5.41, 5.74) is 5.03. The average Bonchev–Trinajstić information content (AvgIpc) is 2.11. The van der Waals surface area contributed by atoms with Crippen molar-refractivity contribution in [3.63, 3.8) is 0 Å². The lowest BCUT2D eigenvalue weighted by atomic mass is 10.1. The maximum absolute atomic E-state index is 10.5. The molecule has 1 amide bonds. The summed E-state index contributed by atoms with van der Waals surface area (Å²) in [7, 11) is 0. The van der Waals surface area contributed by atoms with Crippen molar-refractivity contribution in [3.8, 4) is 0 Å². The average molecular weight is 184 g/mol. The molecule has 0 aromatic rings. The predicted molar refractivity (Wildman–Crippen MR) is 55.3 cm³/mol. The van der Waals surface area contributed by atoms with Gasteiger partial charge in [0.2, 0.25) is 5.91 Å². The summed E-state index contributed by atoms with van der Waals surface area (Å²) < 4.78 is 0. The largest absolute Gasteiger partial charge is 0.366 e. The van der Waals surface area contributed by atoms with Crippen LogP contribution in [0.2, 0.25) is 0 Å². The van der Waals surface area contributed by atoms with Gasteiger partial charge in [0, 0.05) is 12.1 Å². The summed E-state index contributed by atoms with van der Waals surface area (Å²) in [4.78, 5) is 12.8. The number of carbonyl (C=O) groups is 1. The fourth-order valence-corrected chi connectivity index (χ4v) is 1.41. The SMILES string of the molecule is CCC(C=CC(N)=O)N(CC)CC. The standard InChI is InChI=1S/C10H20N2O/c1-4-9(7-8-10(11)13)12(5-2)6-3/h7-9H,4-6H2,1-3H3,(H2,11,13). The van der Waals surface area contributed by atoms with Crippen molar-refractivity contribution in [2.24, 2.45) is 5.73 Å². The number of nitrogens with zero attached hydrogens (tertiary/aromatic N) is 1. The molecule has 2 N–H and O–H groups in total. The zero-order valence-electron chi connectivity index (χ0n) is 8.79. The van der Waals surface area contributed by atoms with Crippen molar-refractivity contribution in [3.05, 3.63) is 12.2 Å². The van der Waals surface area contributed by atoms with Crippen LogP contribution in [-0.2, 0) is 4.79 Å². The molecule has 0 aromatic heterocycles. The molecule has 0 heterocycles. The Kier molecular flexibility index (Phi) is 6.24. The first kappa shape index (κ1) is 12.2. The van der Waals surface area contributed by atoms with E-state index in [1.807, 2.05) is 6.08 Å². The summed E-state index contributed by atoms with van der Waals surface area (Å²) >= 11 is 0. The lowest BCUT2D eigenvalue weighted by molar-refractivity contribution is -0.113. The van der Waals surface area contributed by atoms with Gasteiger partial charge in [-0.25, -0.2) is 0 Å². The zero-order valence-corrected chi connectivity index (χ0v) is 8.79. The van der Waals surface area contributed by atoms with Gasteiger partial charge in [-0.15, -0.1) is 0 Å². The van der Waals surface area contributed by atoms with Crippen LogP contribution < -0.4 is 5.73 Å². The van der Waals surface area contributed by atoms with E-state index in [9.17, 15) is 4.79 Å². The van der Waals surface area contributed by atoms with Gasteiger partial charge in [-0.2, -0.15) is 0 Å². The Morgan fingerprint density at radius 3 is 2.23 bits per heavy atom. The topological polar surface area (TPSA) is 46.3 Å². The van der Waals surface area contributed by atoms with Gasteiger partial charge in [-0.05, 0) is 19.5 Å². The van der Waals surface area contributed by atoms with E-state index in [0.717, 1.165) is 19.5 Å². The van der Waals surface area contributed by atoms with Crippen molar-refractivity contribution < 1.29 is 4.79 Å². The van der Waals surface area contributed by atoms with Crippen LogP contribution in [0.5, 0.6) is 0 Å². The number of likely N-dealkylation sites (N-methyl/N-ethyl adjacent to an activating group) is 1. The van der Waals surface area contributed by atoms with Gasteiger partial charge >= 0.3 is 0 Å². The molecular formula is C10H20N2O. The summed E-state index contributed by atoms with van der Waals surface area (Å²) in [6.45, 7) is 8.33. The number of hydrogen-bond acceptors (Lipinski definition) is 2. The minimum atomic E-state index is -0.370. The van der Waals surface area contributed by atoms with Gasteiger partial charge in [-0.3, -0.25) is 9.69 Å². The fraction of sp³-hybridized carbons (Fsp3) is 0.700.